The Morgan fingerprint density at radius 2 is 1.88 bits per heavy atom. The quantitative estimate of drug-likeness (QED) is 0.454. The zero-order valence-corrected chi connectivity index (χ0v) is 19.2. The summed E-state index contributed by atoms with van der Waals surface area (Å²) in [5, 5.41) is 7.58. The third kappa shape index (κ3) is 5.61. The third-order valence-electron chi connectivity index (χ3n) is 6.33. The molecule has 1 heterocycles. The van der Waals surface area contributed by atoms with E-state index in [-0.39, 0.29) is 17.0 Å². The van der Waals surface area contributed by atoms with Gasteiger partial charge in [0, 0.05) is 40.2 Å². The molecule has 0 radical (unpaired) electrons. The summed E-state index contributed by atoms with van der Waals surface area (Å²) in [6, 6.07) is 20.7. The van der Waals surface area contributed by atoms with Gasteiger partial charge in [0.2, 0.25) is 5.91 Å². The number of primary amides is 1. The molecular weight excluding hydrogens is 437 g/mol. The zero-order valence-electron chi connectivity index (χ0n) is 18.5. The monoisotopic (exact) mass is 465 g/mol. The standard InChI is InChI=1S/C27H29ClFN3O/c28-24-12-11-19(16-22(24)26-21(27(30)33)9-4-10-25(26)29)23(18-6-2-1-3-7-18)17-32-20-8-5-14-31-15-13-20/h1-4,6-7,9-12,16,20,23,31-32H,5,8,13-15,17H2,(H2,30,33)/t20-,23?/m1/s1. The van der Waals surface area contributed by atoms with Gasteiger partial charge in [0.05, 0.1) is 0 Å². The number of rotatable bonds is 7. The summed E-state index contributed by atoms with van der Waals surface area (Å²) in [5.41, 5.74) is 8.44. The second kappa shape index (κ2) is 10.9. The number of nitrogens with two attached hydrogens (primary N) is 1. The number of nitrogens with one attached hydrogen (secondary N) is 2. The maximum atomic E-state index is 14.9. The highest BCUT2D eigenvalue weighted by Gasteiger charge is 2.22. The molecule has 4 nitrogen and oxygen atoms in total. The molecule has 0 aromatic heterocycles. The van der Waals surface area contributed by atoms with Crippen LogP contribution in [0.3, 0.4) is 0 Å². The van der Waals surface area contributed by atoms with Gasteiger partial charge in [0.15, 0.2) is 0 Å². The Bertz CT molecular complexity index is 1100. The molecule has 6 heteroatoms. The Morgan fingerprint density at radius 1 is 1.06 bits per heavy atom. The molecule has 1 saturated heterocycles. The Morgan fingerprint density at radius 3 is 2.67 bits per heavy atom. The smallest absolute Gasteiger partial charge is 0.249 e. The molecule has 1 aliphatic heterocycles. The number of benzene rings is 3. The molecule has 4 N–H and O–H groups in total. The lowest BCUT2D eigenvalue weighted by atomic mass is 9.88. The summed E-state index contributed by atoms with van der Waals surface area (Å²) in [5.74, 6) is -1.16. The van der Waals surface area contributed by atoms with E-state index in [0.717, 1.165) is 50.0 Å². The molecular formula is C27H29ClFN3O. The molecule has 0 spiro atoms. The van der Waals surface area contributed by atoms with Gasteiger partial charge in [0.1, 0.15) is 5.82 Å². The maximum Gasteiger partial charge on any atom is 0.249 e. The van der Waals surface area contributed by atoms with Crippen LogP contribution in [0.1, 0.15) is 46.7 Å². The first-order valence-corrected chi connectivity index (χ1v) is 11.8. The summed E-state index contributed by atoms with van der Waals surface area (Å²) in [6.07, 6.45) is 3.38. The molecule has 1 unspecified atom stereocenters. The fraction of sp³-hybridized carbons (Fsp3) is 0.296. The van der Waals surface area contributed by atoms with E-state index in [0.29, 0.717) is 16.6 Å². The van der Waals surface area contributed by atoms with Crippen molar-refractivity contribution in [1.29, 1.82) is 0 Å². The van der Waals surface area contributed by atoms with Crippen molar-refractivity contribution in [3.8, 4) is 11.1 Å². The highest BCUT2D eigenvalue weighted by molar-refractivity contribution is 6.33. The van der Waals surface area contributed by atoms with Gasteiger partial charge < -0.3 is 16.4 Å². The summed E-state index contributed by atoms with van der Waals surface area (Å²) >= 11 is 6.51. The van der Waals surface area contributed by atoms with E-state index in [2.05, 4.69) is 22.8 Å². The van der Waals surface area contributed by atoms with Crippen LogP contribution < -0.4 is 16.4 Å². The van der Waals surface area contributed by atoms with Crippen LogP contribution in [0.15, 0.2) is 66.7 Å². The average Bonchev–Trinajstić information content (AvgIpc) is 3.10. The molecule has 1 aliphatic rings. The molecule has 3 aromatic rings. The van der Waals surface area contributed by atoms with Gasteiger partial charge in [-0.3, -0.25) is 4.79 Å². The second-order valence-corrected chi connectivity index (χ2v) is 8.92. The zero-order chi connectivity index (χ0) is 23.2. The Balaban J connectivity index is 1.72. The molecule has 0 aliphatic carbocycles. The van der Waals surface area contributed by atoms with E-state index in [4.69, 9.17) is 17.3 Å². The number of hydrogen-bond acceptors (Lipinski definition) is 3. The Hall–Kier alpha value is -2.73. The van der Waals surface area contributed by atoms with Crippen LogP contribution in [-0.2, 0) is 0 Å². The van der Waals surface area contributed by atoms with Crippen LogP contribution in [0.2, 0.25) is 5.02 Å². The van der Waals surface area contributed by atoms with E-state index in [1.54, 1.807) is 6.07 Å². The summed E-state index contributed by atoms with van der Waals surface area (Å²) in [7, 11) is 0. The van der Waals surface area contributed by atoms with Gasteiger partial charge in [-0.05, 0) is 67.7 Å². The first kappa shape index (κ1) is 23.4. The molecule has 4 rings (SSSR count). The van der Waals surface area contributed by atoms with Crippen LogP contribution in [0.25, 0.3) is 11.1 Å². The van der Waals surface area contributed by atoms with Crippen molar-refractivity contribution in [3.63, 3.8) is 0 Å². The second-order valence-electron chi connectivity index (χ2n) is 8.52. The van der Waals surface area contributed by atoms with Crippen LogP contribution in [0.4, 0.5) is 4.39 Å². The Labute approximate surface area is 199 Å². The van der Waals surface area contributed by atoms with Crippen LogP contribution in [-0.4, -0.2) is 31.6 Å². The molecule has 3 aromatic carbocycles. The van der Waals surface area contributed by atoms with E-state index in [9.17, 15) is 9.18 Å². The number of carbonyl (C=O) groups excluding carboxylic acids is 1. The molecule has 33 heavy (non-hydrogen) atoms. The van der Waals surface area contributed by atoms with Crippen molar-refractivity contribution in [2.75, 3.05) is 19.6 Å². The highest BCUT2D eigenvalue weighted by atomic mass is 35.5. The van der Waals surface area contributed by atoms with Gasteiger partial charge in [-0.25, -0.2) is 4.39 Å². The minimum absolute atomic E-state index is 0.0437. The van der Waals surface area contributed by atoms with E-state index >= 15 is 0 Å². The topological polar surface area (TPSA) is 67.2 Å². The lowest BCUT2D eigenvalue weighted by Crippen LogP contribution is -2.33. The number of amides is 1. The lowest BCUT2D eigenvalue weighted by molar-refractivity contribution is 0.100. The van der Waals surface area contributed by atoms with Crippen molar-refractivity contribution >= 4 is 17.5 Å². The van der Waals surface area contributed by atoms with Crippen LogP contribution in [0.5, 0.6) is 0 Å². The predicted molar refractivity (Wildman–Crippen MR) is 132 cm³/mol. The normalized spacial score (nSPS) is 17.3. The van der Waals surface area contributed by atoms with Crippen molar-refractivity contribution in [2.45, 2.75) is 31.2 Å². The van der Waals surface area contributed by atoms with Crippen LogP contribution >= 0.6 is 11.6 Å². The molecule has 2 atom stereocenters. The fourth-order valence-electron chi connectivity index (χ4n) is 4.58. The fourth-order valence-corrected chi connectivity index (χ4v) is 4.79. The SMILES string of the molecule is NC(=O)c1cccc(F)c1-c1cc(C(CN[C@@H]2CCCNCC2)c2ccccc2)ccc1Cl. The van der Waals surface area contributed by atoms with E-state index < -0.39 is 11.7 Å². The lowest BCUT2D eigenvalue weighted by Gasteiger charge is -2.24. The van der Waals surface area contributed by atoms with Crippen molar-refractivity contribution in [3.05, 3.63) is 94.3 Å². The molecule has 0 bridgehead atoms. The first-order chi connectivity index (χ1) is 16.0. The summed E-state index contributed by atoms with van der Waals surface area (Å²) in [6.45, 7) is 2.82. The van der Waals surface area contributed by atoms with Gasteiger partial charge >= 0.3 is 0 Å². The van der Waals surface area contributed by atoms with Gasteiger partial charge in [-0.15, -0.1) is 0 Å². The van der Waals surface area contributed by atoms with Crippen LogP contribution in [0, 0.1) is 5.82 Å². The molecule has 0 saturated carbocycles. The van der Waals surface area contributed by atoms with Gasteiger partial charge in [-0.1, -0.05) is 54.1 Å². The summed E-state index contributed by atoms with van der Waals surface area (Å²) < 4.78 is 14.9. The molecule has 1 amide bonds. The summed E-state index contributed by atoms with van der Waals surface area (Å²) in [4.78, 5) is 12.0. The first-order valence-electron chi connectivity index (χ1n) is 11.4. The van der Waals surface area contributed by atoms with E-state index in [1.165, 1.54) is 18.2 Å². The van der Waals surface area contributed by atoms with Crippen molar-refractivity contribution < 1.29 is 9.18 Å². The average molecular weight is 466 g/mol. The minimum Gasteiger partial charge on any atom is -0.366 e. The third-order valence-corrected chi connectivity index (χ3v) is 6.66. The number of halogens is 2. The van der Waals surface area contributed by atoms with E-state index in [1.807, 2.05) is 30.3 Å². The predicted octanol–water partition coefficient (Wildman–Crippen LogP) is 5.11. The van der Waals surface area contributed by atoms with Crippen molar-refractivity contribution in [2.24, 2.45) is 5.73 Å². The Kier molecular flexibility index (Phi) is 7.76. The molecule has 172 valence electrons. The van der Waals surface area contributed by atoms with Gasteiger partial charge in [-0.2, -0.15) is 0 Å². The maximum absolute atomic E-state index is 14.9. The minimum atomic E-state index is -0.686. The number of hydrogen-bond donors (Lipinski definition) is 3. The van der Waals surface area contributed by atoms with Gasteiger partial charge in [0.25, 0.3) is 0 Å². The largest absolute Gasteiger partial charge is 0.366 e. The number of carbonyl (C=O) groups is 1. The highest BCUT2D eigenvalue weighted by Crippen LogP contribution is 2.36. The van der Waals surface area contributed by atoms with Crippen molar-refractivity contribution in [1.82, 2.24) is 10.6 Å². The molecule has 1 fully saturated rings.